The van der Waals surface area contributed by atoms with Crippen LogP contribution in [-0.2, 0) is 0 Å². The Bertz CT molecular complexity index is 427. The number of piperidine rings is 1. The Morgan fingerprint density at radius 1 is 1.39 bits per heavy atom. The Morgan fingerprint density at radius 2 is 2.11 bits per heavy atom. The average molecular weight is 250 g/mol. The highest BCUT2D eigenvalue weighted by atomic mass is 19.1. The molecule has 100 valence electrons. The Balaban J connectivity index is 2.38. The molecule has 1 aliphatic rings. The van der Waals surface area contributed by atoms with E-state index < -0.39 is 0 Å². The van der Waals surface area contributed by atoms with E-state index in [9.17, 15) is 4.39 Å². The van der Waals surface area contributed by atoms with Gasteiger partial charge in [-0.2, -0.15) is 0 Å². The lowest BCUT2D eigenvalue weighted by Gasteiger charge is -2.40. The summed E-state index contributed by atoms with van der Waals surface area (Å²) < 4.78 is 14.1. The third-order valence-electron chi connectivity index (χ3n) is 3.73. The normalized spacial score (nSPS) is 20.8. The molecule has 0 unspecified atom stereocenters. The molecule has 3 heteroatoms. The topological polar surface area (TPSA) is 29.3 Å². The summed E-state index contributed by atoms with van der Waals surface area (Å²) in [5.41, 5.74) is 7.83. The number of hydrogen-bond acceptors (Lipinski definition) is 2. The molecule has 0 aliphatic carbocycles. The lowest BCUT2D eigenvalue weighted by atomic mass is 9.83. The predicted molar refractivity (Wildman–Crippen MR) is 74.2 cm³/mol. The summed E-state index contributed by atoms with van der Waals surface area (Å²) in [7, 11) is 0. The number of rotatable bonds is 2. The fraction of sp³-hybridized carbons (Fsp3) is 0.600. The van der Waals surface area contributed by atoms with Crippen molar-refractivity contribution in [3.8, 4) is 0 Å². The quantitative estimate of drug-likeness (QED) is 0.870. The fourth-order valence-corrected chi connectivity index (χ4v) is 2.85. The van der Waals surface area contributed by atoms with Crippen LogP contribution in [0.25, 0.3) is 0 Å². The maximum absolute atomic E-state index is 14.1. The van der Waals surface area contributed by atoms with Gasteiger partial charge in [-0.15, -0.1) is 0 Å². The van der Waals surface area contributed by atoms with Gasteiger partial charge in [0.05, 0.1) is 5.69 Å². The molecule has 1 aromatic carbocycles. The summed E-state index contributed by atoms with van der Waals surface area (Å²) in [4.78, 5) is 2.16. The molecule has 2 rings (SSSR count). The molecule has 1 aliphatic heterocycles. The lowest BCUT2D eigenvalue weighted by molar-refractivity contribution is 0.291. The van der Waals surface area contributed by atoms with E-state index in [2.05, 4.69) is 18.7 Å². The number of benzene rings is 1. The number of anilines is 1. The van der Waals surface area contributed by atoms with Crippen molar-refractivity contribution in [2.24, 2.45) is 11.1 Å². The van der Waals surface area contributed by atoms with Gasteiger partial charge in [0.1, 0.15) is 5.82 Å². The van der Waals surface area contributed by atoms with Crippen molar-refractivity contribution >= 4 is 5.69 Å². The van der Waals surface area contributed by atoms with Crippen LogP contribution in [0.4, 0.5) is 10.1 Å². The van der Waals surface area contributed by atoms with Crippen molar-refractivity contribution in [1.29, 1.82) is 0 Å². The van der Waals surface area contributed by atoms with Gasteiger partial charge in [-0.1, -0.05) is 26.0 Å². The van der Waals surface area contributed by atoms with Crippen LogP contribution in [0.5, 0.6) is 0 Å². The number of para-hydroxylation sites is 1. The van der Waals surface area contributed by atoms with E-state index in [4.69, 9.17) is 5.73 Å². The maximum Gasteiger partial charge on any atom is 0.146 e. The molecular formula is C15H23FN2. The summed E-state index contributed by atoms with van der Waals surface area (Å²) in [6.45, 7) is 8.21. The predicted octanol–water partition coefficient (Wildman–Crippen LogP) is 3.47. The van der Waals surface area contributed by atoms with Gasteiger partial charge in [0.15, 0.2) is 0 Å². The summed E-state index contributed by atoms with van der Waals surface area (Å²) >= 11 is 0. The molecule has 0 amide bonds. The van der Waals surface area contributed by atoms with Crippen LogP contribution in [0, 0.1) is 11.2 Å². The van der Waals surface area contributed by atoms with Crippen LogP contribution in [0.15, 0.2) is 18.2 Å². The smallest absolute Gasteiger partial charge is 0.146 e. The van der Waals surface area contributed by atoms with Crippen molar-refractivity contribution in [2.45, 2.75) is 39.7 Å². The van der Waals surface area contributed by atoms with Crippen LogP contribution in [0.2, 0.25) is 0 Å². The Labute approximate surface area is 109 Å². The van der Waals surface area contributed by atoms with E-state index >= 15 is 0 Å². The third-order valence-corrected chi connectivity index (χ3v) is 3.73. The third kappa shape index (κ3) is 2.66. The molecule has 2 nitrogen and oxygen atoms in total. The summed E-state index contributed by atoms with van der Waals surface area (Å²) in [5, 5.41) is 0. The molecule has 0 aromatic heterocycles. The van der Waals surface area contributed by atoms with E-state index in [-0.39, 0.29) is 17.3 Å². The zero-order chi connectivity index (χ0) is 13.3. The van der Waals surface area contributed by atoms with E-state index in [1.54, 1.807) is 6.07 Å². The van der Waals surface area contributed by atoms with Crippen LogP contribution >= 0.6 is 0 Å². The first-order valence-electron chi connectivity index (χ1n) is 6.70. The molecule has 0 bridgehead atoms. The molecule has 1 atom stereocenters. The average Bonchev–Trinajstić information content (AvgIpc) is 2.27. The van der Waals surface area contributed by atoms with Crippen LogP contribution in [-0.4, -0.2) is 13.1 Å². The van der Waals surface area contributed by atoms with Gasteiger partial charge >= 0.3 is 0 Å². The van der Waals surface area contributed by atoms with Crippen molar-refractivity contribution in [3.05, 3.63) is 29.6 Å². The molecule has 1 fully saturated rings. The van der Waals surface area contributed by atoms with Crippen molar-refractivity contribution in [1.82, 2.24) is 0 Å². The van der Waals surface area contributed by atoms with Crippen LogP contribution in [0.1, 0.15) is 45.2 Å². The summed E-state index contributed by atoms with van der Waals surface area (Å²) in [6, 6.07) is 5.07. The molecule has 1 saturated heterocycles. The minimum Gasteiger partial charge on any atom is -0.368 e. The number of nitrogens with zero attached hydrogens (tertiary/aromatic N) is 1. The van der Waals surface area contributed by atoms with E-state index in [1.165, 1.54) is 12.5 Å². The number of nitrogens with two attached hydrogens (primary N) is 1. The Kier molecular flexibility index (Phi) is 3.62. The molecule has 0 radical (unpaired) electrons. The first kappa shape index (κ1) is 13.3. The van der Waals surface area contributed by atoms with Crippen molar-refractivity contribution < 1.29 is 4.39 Å². The second kappa shape index (κ2) is 4.88. The highest BCUT2D eigenvalue weighted by Crippen LogP contribution is 2.35. The number of halogens is 1. The highest BCUT2D eigenvalue weighted by Gasteiger charge is 2.29. The molecule has 0 spiro atoms. The van der Waals surface area contributed by atoms with Crippen molar-refractivity contribution in [3.63, 3.8) is 0 Å². The number of hydrogen-bond donors (Lipinski definition) is 1. The molecule has 1 heterocycles. The zero-order valence-electron chi connectivity index (χ0n) is 11.5. The van der Waals surface area contributed by atoms with Crippen LogP contribution in [0.3, 0.4) is 0 Å². The largest absolute Gasteiger partial charge is 0.368 e. The molecular weight excluding hydrogens is 227 g/mol. The maximum atomic E-state index is 14.1. The van der Waals surface area contributed by atoms with Gasteiger partial charge in [-0.25, -0.2) is 4.39 Å². The minimum absolute atomic E-state index is 0.138. The second-order valence-electron chi connectivity index (χ2n) is 6.16. The standard InChI is InChI=1S/C15H23FN2/c1-11(17)12-6-4-7-13(16)14(12)18-9-5-8-15(2,3)10-18/h4,6-7,11H,5,8-10,17H2,1-3H3/t11-/m0/s1. The summed E-state index contributed by atoms with van der Waals surface area (Å²) in [5.74, 6) is -0.150. The van der Waals surface area contributed by atoms with Crippen molar-refractivity contribution in [2.75, 3.05) is 18.0 Å². The van der Waals surface area contributed by atoms with Gasteiger partial charge in [0, 0.05) is 19.1 Å². The molecule has 1 aromatic rings. The summed E-state index contributed by atoms with van der Waals surface area (Å²) in [6.07, 6.45) is 2.31. The van der Waals surface area contributed by atoms with Crippen LogP contribution < -0.4 is 10.6 Å². The van der Waals surface area contributed by atoms with Gasteiger partial charge < -0.3 is 10.6 Å². The first-order chi connectivity index (χ1) is 8.41. The van der Waals surface area contributed by atoms with Gasteiger partial charge in [-0.3, -0.25) is 0 Å². The van der Waals surface area contributed by atoms with E-state index in [0.717, 1.165) is 25.1 Å². The zero-order valence-corrected chi connectivity index (χ0v) is 11.5. The van der Waals surface area contributed by atoms with Gasteiger partial charge in [0.2, 0.25) is 0 Å². The van der Waals surface area contributed by atoms with E-state index in [0.29, 0.717) is 5.69 Å². The van der Waals surface area contributed by atoms with Gasteiger partial charge in [0.25, 0.3) is 0 Å². The fourth-order valence-electron chi connectivity index (χ4n) is 2.85. The molecule has 0 saturated carbocycles. The van der Waals surface area contributed by atoms with Gasteiger partial charge in [-0.05, 0) is 36.8 Å². The first-order valence-corrected chi connectivity index (χ1v) is 6.70. The molecule has 18 heavy (non-hydrogen) atoms. The minimum atomic E-state index is -0.150. The lowest BCUT2D eigenvalue weighted by Crippen LogP contribution is -2.41. The monoisotopic (exact) mass is 250 g/mol. The Hall–Kier alpha value is -1.09. The highest BCUT2D eigenvalue weighted by molar-refractivity contribution is 5.56. The Morgan fingerprint density at radius 3 is 2.72 bits per heavy atom. The van der Waals surface area contributed by atoms with E-state index in [1.807, 2.05) is 13.0 Å². The molecule has 2 N–H and O–H groups in total. The SMILES string of the molecule is C[C@H](N)c1cccc(F)c1N1CCCC(C)(C)C1. The second-order valence-corrected chi connectivity index (χ2v) is 6.16.